The summed E-state index contributed by atoms with van der Waals surface area (Å²) < 4.78 is 45.5. The van der Waals surface area contributed by atoms with E-state index in [2.05, 4.69) is 20.5 Å². The number of aromatic nitrogens is 5. The van der Waals surface area contributed by atoms with Crippen LogP contribution < -0.4 is 0 Å². The van der Waals surface area contributed by atoms with Gasteiger partial charge in [0.15, 0.2) is 0 Å². The summed E-state index contributed by atoms with van der Waals surface area (Å²) >= 11 is 0. The van der Waals surface area contributed by atoms with Crippen molar-refractivity contribution >= 4 is 11.0 Å². The molecule has 126 valence electrons. The molecule has 0 aliphatic rings. The maximum atomic E-state index is 12.8. The molecule has 9 heteroatoms. The van der Waals surface area contributed by atoms with E-state index in [1.165, 1.54) is 12.1 Å². The highest BCUT2D eigenvalue weighted by Crippen LogP contribution is 2.31. The standard InChI is InChI=1S/C16H10F3N5O/c17-16(18,19)11-5-3-4-10(8-11)15-22-21-14(25-15)9-24-13-7-2-1-6-12(13)20-23-24/h1-8H,9H2. The zero-order valence-corrected chi connectivity index (χ0v) is 12.6. The minimum absolute atomic E-state index is 0.0190. The lowest BCUT2D eigenvalue weighted by atomic mass is 10.1. The van der Waals surface area contributed by atoms with Crippen LogP contribution in [-0.2, 0) is 12.7 Å². The second kappa shape index (κ2) is 5.69. The molecule has 0 radical (unpaired) electrons. The third kappa shape index (κ3) is 2.95. The van der Waals surface area contributed by atoms with Gasteiger partial charge in [0.2, 0.25) is 11.8 Å². The summed E-state index contributed by atoms with van der Waals surface area (Å²) in [6, 6.07) is 12.1. The summed E-state index contributed by atoms with van der Waals surface area (Å²) in [5.41, 5.74) is 0.950. The van der Waals surface area contributed by atoms with E-state index in [1.807, 2.05) is 24.3 Å². The second-order valence-electron chi connectivity index (χ2n) is 5.32. The first-order valence-corrected chi connectivity index (χ1v) is 7.29. The van der Waals surface area contributed by atoms with Crippen LogP contribution in [0.15, 0.2) is 52.9 Å². The number of fused-ring (bicyclic) bond motifs is 1. The van der Waals surface area contributed by atoms with Gasteiger partial charge in [-0.1, -0.05) is 23.4 Å². The van der Waals surface area contributed by atoms with Gasteiger partial charge in [-0.25, -0.2) is 4.68 Å². The largest absolute Gasteiger partial charge is 0.419 e. The van der Waals surface area contributed by atoms with Gasteiger partial charge in [0.1, 0.15) is 12.1 Å². The third-order valence-corrected chi connectivity index (χ3v) is 3.61. The number of benzene rings is 2. The minimum Gasteiger partial charge on any atom is -0.419 e. The van der Waals surface area contributed by atoms with Crippen molar-refractivity contribution in [1.82, 2.24) is 25.2 Å². The lowest BCUT2D eigenvalue weighted by Crippen LogP contribution is -2.04. The summed E-state index contributed by atoms with van der Waals surface area (Å²) in [5.74, 6) is 0.244. The summed E-state index contributed by atoms with van der Waals surface area (Å²) in [6.45, 7) is 0.173. The van der Waals surface area contributed by atoms with E-state index in [0.29, 0.717) is 0 Å². The Morgan fingerprint density at radius 2 is 1.80 bits per heavy atom. The van der Waals surface area contributed by atoms with Crippen molar-refractivity contribution < 1.29 is 17.6 Å². The molecule has 0 aliphatic heterocycles. The number of halogens is 3. The molecule has 0 atom stereocenters. The maximum absolute atomic E-state index is 12.8. The van der Waals surface area contributed by atoms with E-state index in [4.69, 9.17) is 4.42 Å². The molecule has 6 nitrogen and oxygen atoms in total. The second-order valence-corrected chi connectivity index (χ2v) is 5.32. The van der Waals surface area contributed by atoms with Crippen LogP contribution in [0.4, 0.5) is 13.2 Å². The van der Waals surface area contributed by atoms with Crippen LogP contribution in [0.2, 0.25) is 0 Å². The first kappa shape index (κ1) is 15.3. The number of nitrogens with zero attached hydrogens (tertiary/aromatic N) is 5. The van der Waals surface area contributed by atoms with E-state index in [1.54, 1.807) is 4.68 Å². The number of hydrogen-bond acceptors (Lipinski definition) is 5. The average molecular weight is 345 g/mol. The molecule has 2 aromatic heterocycles. The number of alkyl halides is 3. The summed E-state index contributed by atoms with van der Waals surface area (Å²) in [7, 11) is 0. The van der Waals surface area contributed by atoms with Gasteiger partial charge in [0, 0.05) is 5.56 Å². The smallest absolute Gasteiger partial charge is 0.416 e. The Morgan fingerprint density at radius 3 is 2.64 bits per heavy atom. The predicted molar refractivity (Wildman–Crippen MR) is 81.4 cm³/mol. The van der Waals surface area contributed by atoms with Crippen molar-refractivity contribution in [2.24, 2.45) is 0 Å². The molecule has 0 fully saturated rings. The van der Waals surface area contributed by atoms with Gasteiger partial charge >= 0.3 is 6.18 Å². The number of rotatable bonds is 3. The fourth-order valence-electron chi connectivity index (χ4n) is 2.42. The van der Waals surface area contributed by atoms with Crippen molar-refractivity contribution in [3.05, 3.63) is 60.0 Å². The van der Waals surface area contributed by atoms with E-state index in [0.717, 1.165) is 23.2 Å². The van der Waals surface area contributed by atoms with Crippen molar-refractivity contribution in [3.63, 3.8) is 0 Å². The molecule has 4 rings (SSSR count). The highest BCUT2D eigenvalue weighted by atomic mass is 19.4. The molecular formula is C16H10F3N5O. The van der Waals surface area contributed by atoms with Crippen LogP contribution in [0, 0.1) is 0 Å². The van der Waals surface area contributed by atoms with Crippen LogP contribution in [0.1, 0.15) is 11.5 Å². The molecule has 0 amide bonds. The van der Waals surface area contributed by atoms with Crippen LogP contribution in [0.5, 0.6) is 0 Å². The Balaban J connectivity index is 1.62. The molecule has 2 aromatic carbocycles. The minimum atomic E-state index is -4.43. The molecule has 0 bridgehead atoms. The Labute approximate surface area is 138 Å². The molecule has 25 heavy (non-hydrogen) atoms. The molecule has 0 saturated heterocycles. The zero-order chi connectivity index (χ0) is 17.4. The van der Waals surface area contributed by atoms with E-state index < -0.39 is 11.7 Å². The lowest BCUT2D eigenvalue weighted by molar-refractivity contribution is -0.137. The molecule has 0 spiro atoms. The van der Waals surface area contributed by atoms with Crippen molar-refractivity contribution in [1.29, 1.82) is 0 Å². The average Bonchev–Trinajstić information content (AvgIpc) is 3.22. The molecule has 0 aliphatic carbocycles. The topological polar surface area (TPSA) is 69.6 Å². The summed E-state index contributed by atoms with van der Waals surface area (Å²) in [5, 5.41) is 15.7. The normalized spacial score (nSPS) is 12.0. The summed E-state index contributed by atoms with van der Waals surface area (Å²) in [6.07, 6.45) is -4.43. The first-order valence-electron chi connectivity index (χ1n) is 7.29. The van der Waals surface area contributed by atoms with E-state index in [9.17, 15) is 13.2 Å². The SMILES string of the molecule is FC(F)(F)c1cccc(-c2nnc(Cn3nnc4ccccc43)o2)c1. The van der Waals surface area contributed by atoms with Gasteiger partial charge in [0.05, 0.1) is 11.1 Å². The highest BCUT2D eigenvalue weighted by molar-refractivity contribution is 5.73. The van der Waals surface area contributed by atoms with Gasteiger partial charge in [-0.15, -0.1) is 15.3 Å². The van der Waals surface area contributed by atoms with Gasteiger partial charge in [-0.2, -0.15) is 13.2 Å². The van der Waals surface area contributed by atoms with Crippen LogP contribution >= 0.6 is 0 Å². The molecule has 0 saturated carbocycles. The fraction of sp³-hybridized carbons (Fsp3) is 0.125. The lowest BCUT2D eigenvalue weighted by Gasteiger charge is -2.06. The Bertz CT molecular complexity index is 1040. The van der Waals surface area contributed by atoms with Crippen molar-refractivity contribution in [2.45, 2.75) is 12.7 Å². The molecular weight excluding hydrogens is 335 g/mol. The Hall–Kier alpha value is -3.23. The molecule has 4 aromatic rings. The van der Waals surface area contributed by atoms with Crippen LogP contribution in [0.3, 0.4) is 0 Å². The molecule has 2 heterocycles. The fourth-order valence-corrected chi connectivity index (χ4v) is 2.42. The van der Waals surface area contributed by atoms with Gasteiger partial charge in [-0.05, 0) is 30.3 Å². The third-order valence-electron chi connectivity index (χ3n) is 3.61. The highest BCUT2D eigenvalue weighted by Gasteiger charge is 2.30. The van der Waals surface area contributed by atoms with Crippen molar-refractivity contribution in [2.75, 3.05) is 0 Å². The monoisotopic (exact) mass is 345 g/mol. The van der Waals surface area contributed by atoms with Crippen LogP contribution in [-0.4, -0.2) is 25.2 Å². The van der Waals surface area contributed by atoms with Crippen LogP contribution in [0.25, 0.3) is 22.5 Å². The Kier molecular flexibility index (Phi) is 3.48. The van der Waals surface area contributed by atoms with E-state index in [-0.39, 0.29) is 23.9 Å². The number of para-hydroxylation sites is 1. The molecule has 0 unspecified atom stereocenters. The zero-order valence-electron chi connectivity index (χ0n) is 12.6. The first-order chi connectivity index (χ1) is 12.0. The van der Waals surface area contributed by atoms with Crippen molar-refractivity contribution in [3.8, 4) is 11.5 Å². The van der Waals surface area contributed by atoms with E-state index >= 15 is 0 Å². The quantitative estimate of drug-likeness (QED) is 0.568. The molecule has 0 N–H and O–H groups in total. The van der Waals surface area contributed by atoms with Gasteiger partial charge < -0.3 is 4.42 Å². The summed E-state index contributed by atoms with van der Waals surface area (Å²) in [4.78, 5) is 0. The predicted octanol–water partition coefficient (Wildman–Crippen LogP) is 3.55. The van der Waals surface area contributed by atoms with Gasteiger partial charge in [0.25, 0.3) is 0 Å². The number of hydrogen-bond donors (Lipinski definition) is 0. The van der Waals surface area contributed by atoms with Gasteiger partial charge in [-0.3, -0.25) is 0 Å². The maximum Gasteiger partial charge on any atom is 0.416 e. The Morgan fingerprint density at radius 1 is 0.960 bits per heavy atom.